The fraction of sp³-hybridized carbons (Fsp3) is 0.174. The summed E-state index contributed by atoms with van der Waals surface area (Å²) in [6.45, 7) is 0.631. The average molecular weight is 495 g/mol. The third kappa shape index (κ3) is 4.42. The van der Waals surface area contributed by atoms with Crippen LogP contribution in [-0.2, 0) is 9.59 Å². The van der Waals surface area contributed by atoms with E-state index in [0.717, 1.165) is 18.2 Å². The highest BCUT2D eigenvalue weighted by molar-refractivity contribution is 7.99. The molecule has 4 aromatic rings. The number of hydrogen-bond acceptors (Lipinski definition) is 6. The Balaban J connectivity index is 1.34. The van der Waals surface area contributed by atoms with Crippen molar-refractivity contribution in [2.75, 3.05) is 22.5 Å². The van der Waals surface area contributed by atoms with Crippen LogP contribution in [0, 0.1) is 0 Å². The van der Waals surface area contributed by atoms with Crippen LogP contribution in [0.2, 0.25) is 5.02 Å². The third-order valence-electron chi connectivity index (χ3n) is 5.35. The van der Waals surface area contributed by atoms with Gasteiger partial charge in [-0.3, -0.25) is 14.4 Å². The van der Waals surface area contributed by atoms with Gasteiger partial charge < -0.3 is 15.2 Å². The van der Waals surface area contributed by atoms with Gasteiger partial charge >= 0.3 is 0 Å². The van der Waals surface area contributed by atoms with E-state index >= 15 is 0 Å². The van der Waals surface area contributed by atoms with Gasteiger partial charge in [0.2, 0.25) is 11.8 Å². The molecular formula is C23H19ClN6O3S. The van der Waals surface area contributed by atoms with Crippen molar-refractivity contribution in [3.63, 3.8) is 0 Å². The maximum absolute atomic E-state index is 12.7. The Labute approximate surface area is 203 Å². The highest BCUT2D eigenvalue weighted by Gasteiger charge is 2.24. The van der Waals surface area contributed by atoms with Gasteiger partial charge in [0.15, 0.2) is 10.8 Å². The van der Waals surface area contributed by atoms with Crippen LogP contribution >= 0.6 is 23.4 Å². The van der Waals surface area contributed by atoms with Crippen LogP contribution in [0.4, 0.5) is 11.4 Å². The van der Waals surface area contributed by atoms with Crippen molar-refractivity contribution in [3.8, 4) is 5.69 Å². The Hall–Kier alpha value is -3.63. The molecule has 1 saturated heterocycles. The second-order valence-electron chi connectivity index (χ2n) is 7.65. The summed E-state index contributed by atoms with van der Waals surface area (Å²) in [5.74, 6) is -0.222. The molecule has 0 atom stereocenters. The molecule has 0 saturated carbocycles. The molecule has 1 aliphatic rings. The summed E-state index contributed by atoms with van der Waals surface area (Å²) in [5.41, 5.74) is 1.94. The van der Waals surface area contributed by atoms with Crippen LogP contribution in [0.25, 0.3) is 16.7 Å². The number of carbonyl (C=O) groups excluding carboxylic acids is 2. The smallest absolute Gasteiger partial charge is 0.262 e. The van der Waals surface area contributed by atoms with E-state index in [1.807, 2.05) is 18.2 Å². The summed E-state index contributed by atoms with van der Waals surface area (Å²) in [6, 6.07) is 14.3. The molecule has 0 bridgehead atoms. The standard InChI is InChI=1S/C23H19ClN6O3S/c24-14-5-3-6-15(11-14)30-21-16(12-25-30)22(33)28-23(27-21)34-13-19(31)26-17-7-1-2-8-18(17)29-10-4-9-20(29)32/h1-3,5-8,11-12H,4,9-10,13H2,(H,26,31)(H,27,28,33). The fourth-order valence-corrected chi connectivity index (χ4v) is 4.64. The first-order valence-electron chi connectivity index (χ1n) is 10.6. The number of nitrogens with zero attached hydrogens (tertiary/aromatic N) is 4. The number of fused-ring (bicyclic) bond motifs is 1. The molecule has 1 fully saturated rings. The van der Waals surface area contributed by atoms with Crippen molar-refractivity contribution in [2.45, 2.75) is 18.0 Å². The van der Waals surface area contributed by atoms with E-state index in [1.165, 1.54) is 10.9 Å². The lowest BCUT2D eigenvalue weighted by molar-refractivity contribution is -0.117. The van der Waals surface area contributed by atoms with Crippen LogP contribution in [-0.4, -0.2) is 43.9 Å². The van der Waals surface area contributed by atoms with Crippen LogP contribution in [0.1, 0.15) is 12.8 Å². The summed E-state index contributed by atoms with van der Waals surface area (Å²) < 4.78 is 1.53. The second kappa shape index (κ2) is 9.32. The number of hydrogen-bond donors (Lipinski definition) is 2. The van der Waals surface area contributed by atoms with E-state index in [4.69, 9.17) is 11.6 Å². The van der Waals surface area contributed by atoms with E-state index in [2.05, 4.69) is 20.4 Å². The number of rotatable bonds is 6. The van der Waals surface area contributed by atoms with Crippen molar-refractivity contribution in [1.29, 1.82) is 0 Å². The first-order valence-corrected chi connectivity index (χ1v) is 11.9. The minimum atomic E-state index is -0.348. The van der Waals surface area contributed by atoms with Crippen LogP contribution < -0.4 is 15.8 Å². The Bertz CT molecular complexity index is 1470. The molecule has 0 radical (unpaired) electrons. The largest absolute Gasteiger partial charge is 0.324 e. The molecule has 2 N–H and O–H groups in total. The van der Waals surface area contributed by atoms with Gasteiger partial charge in [0.25, 0.3) is 5.56 Å². The molecule has 1 aliphatic heterocycles. The number of thioether (sulfide) groups is 1. The summed E-state index contributed by atoms with van der Waals surface area (Å²) in [7, 11) is 0. The second-order valence-corrected chi connectivity index (χ2v) is 9.05. The average Bonchev–Trinajstić information content (AvgIpc) is 3.45. The van der Waals surface area contributed by atoms with E-state index in [0.29, 0.717) is 51.2 Å². The number of aromatic nitrogens is 4. The number of nitrogens with one attached hydrogen (secondary N) is 2. The minimum Gasteiger partial charge on any atom is -0.324 e. The molecule has 0 unspecified atom stereocenters. The molecule has 2 aromatic carbocycles. The number of anilines is 2. The predicted octanol–water partition coefficient (Wildman–Crippen LogP) is 3.62. The number of amides is 2. The Kier molecular flexibility index (Phi) is 6.08. The summed E-state index contributed by atoms with van der Waals surface area (Å²) in [4.78, 5) is 46.2. The monoisotopic (exact) mass is 494 g/mol. The fourth-order valence-electron chi connectivity index (χ4n) is 3.80. The Morgan fingerprint density at radius 1 is 1.18 bits per heavy atom. The van der Waals surface area contributed by atoms with Gasteiger partial charge in [-0.1, -0.05) is 41.6 Å². The number of benzene rings is 2. The van der Waals surface area contributed by atoms with Gasteiger partial charge in [-0.2, -0.15) is 5.10 Å². The first-order chi connectivity index (χ1) is 16.5. The Morgan fingerprint density at radius 3 is 2.82 bits per heavy atom. The molecule has 5 rings (SSSR count). The first kappa shape index (κ1) is 22.2. The van der Waals surface area contributed by atoms with Gasteiger partial charge in [0.1, 0.15) is 5.39 Å². The number of aromatic amines is 1. The number of H-pyrrole nitrogens is 1. The molecule has 172 valence electrons. The molecule has 9 nitrogen and oxygen atoms in total. The van der Waals surface area contributed by atoms with E-state index in [1.54, 1.807) is 35.2 Å². The highest BCUT2D eigenvalue weighted by Crippen LogP contribution is 2.29. The van der Waals surface area contributed by atoms with E-state index < -0.39 is 0 Å². The molecule has 0 aliphatic carbocycles. The predicted molar refractivity (Wildman–Crippen MR) is 132 cm³/mol. The molecule has 3 heterocycles. The third-order valence-corrected chi connectivity index (χ3v) is 6.46. The SMILES string of the molecule is O=C(CSc1nc2c(cnn2-c2cccc(Cl)c2)c(=O)[nH]1)Nc1ccccc1N1CCCC1=O. The maximum atomic E-state index is 12.7. The van der Waals surface area contributed by atoms with Crippen molar-refractivity contribution in [2.24, 2.45) is 0 Å². The van der Waals surface area contributed by atoms with Gasteiger partial charge in [-0.25, -0.2) is 9.67 Å². The number of carbonyl (C=O) groups is 2. The van der Waals surface area contributed by atoms with Gasteiger partial charge in [0, 0.05) is 18.0 Å². The summed E-state index contributed by atoms with van der Waals surface area (Å²) >= 11 is 7.19. The zero-order valence-electron chi connectivity index (χ0n) is 17.8. The minimum absolute atomic E-state index is 0.0159. The normalized spacial score (nSPS) is 13.6. The molecule has 34 heavy (non-hydrogen) atoms. The summed E-state index contributed by atoms with van der Waals surface area (Å²) in [5, 5.41) is 8.29. The quantitative estimate of drug-likeness (QED) is 0.312. The zero-order valence-corrected chi connectivity index (χ0v) is 19.4. The van der Waals surface area contributed by atoms with Gasteiger partial charge in [-0.05, 0) is 36.8 Å². The lowest BCUT2D eigenvalue weighted by atomic mass is 10.2. The van der Waals surface area contributed by atoms with Crippen LogP contribution in [0.15, 0.2) is 64.7 Å². The van der Waals surface area contributed by atoms with Gasteiger partial charge in [0.05, 0.1) is 29.0 Å². The highest BCUT2D eigenvalue weighted by atomic mass is 35.5. The van der Waals surface area contributed by atoms with Crippen LogP contribution in [0.5, 0.6) is 0 Å². The van der Waals surface area contributed by atoms with Crippen LogP contribution in [0.3, 0.4) is 0 Å². The lowest BCUT2D eigenvalue weighted by Crippen LogP contribution is -2.26. The Morgan fingerprint density at radius 2 is 2.03 bits per heavy atom. The number of halogens is 1. The number of para-hydroxylation sites is 2. The summed E-state index contributed by atoms with van der Waals surface area (Å²) in [6.07, 6.45) is 2.75. The van der Waals surface area contributed by atoms with Gasteiger partial charge in [-0.15, -0.1) is 0 Å². The molecule has 2 amide bonds. The zero-order chi connectivity index (χ0) is 23.7. The maximum Gasteiger partial charge on any atom is 0.262 e. The van der Waals surface area contributed by atoms with E-state index in [-0.39, 0.29) is 23.1 Å². The topological polar surface area (TPSA) is 113 Å². The van der Waals surface area contributed by atoms with E-state index in [9.17, 15) is 14.4 Å². The molecular weight excluding hydrogens is 476 g/mol. The molecule has 2 aromatic heterocycles. The van der Waals surface area contributed by atoms with Crippen molar-refractivity contribution in [3.05, 3.63) is 70.1 Å². The molecule has 11 heteroatoms. The molecule has 0 spiro atoms. The lowest BCUT2D eigenvalue weighted by Gasteiger charge is -2.19. The van der Waals surface area contributed by atoms with Crippen molar-refractivity contribution < 1.29 is 9.59 Å². The van der Waals surface area contributed by atoms with Crippen molar-refractivity contribution >= 4 is 57.6 Å². The van der Waals surface area contributed by atoms with Crippen molar-refractivity contribution in [1.82, 2.24) is 19.7 Å².